The van der Waals surface area contributed by atoms with E-state index in [2.05, 4.69) is 5.32 Å². The monoisotopic (exact) mass is 284 g/mol. The number of rotatable bonds is 3. The SMILES string of the molecule is COc1ccc(S(=O)(=O)N2CCN[C@@H](C)C2)cc1C. The fourth-order valence-corrected chi connectivity index (χ4v) is 3.89. The number of piperazine rings is 1. The number of hydrogen-bond donors (Lipinski definition) is 1. The first-order valence-corrected chi connectivity index (χ1v) is 7.77. The van der Waals surface area contributed by atoms with E-state index in [0.29, 0.717) is 30.3 Å². The van der Waals surface area contributed by atoms with Gasteiger partial charge in [0, 0.05) is 25.7 Å². The van der Waals surface area contributed by atoms with E-state index in [1.807, 2.05) is 13.8 Å². The van der Waals surface area contributed by atoms with E-state index in [1.54, 1.807) is 25.3 Å². The van der Waals surface area contributed by atoms with Gasteiger partial charge in [0.25, 0.3) is 0 Å². The summed E-state index contributed by atoms with van der Waals surface area (Å²) in [4.78, 5) is 0.333. The smallest absolute Gasteiger partial charge is 0.243 e. The van der Waals surface area contributed by atoms with Crippen LogP contribution in [0.1, 0.15) is 12.5 Å². The molecule has 0 radical (unpaired) electrons. The number of hydrogen-bond acceptors (Lipinski definition) is 4. The molecule has 1 N–H and O–H groups in total. The summed E-state index contributed by atoms with van der Waals surface area (Å²) in [5.74, 6) is 0.702. The third-order valence-electron chi connectivity index (χ3n) is 3.34. The Morgan fingerprint density at radius 3 is 2.74 bits per heavy atom. The first kappa shape index (κ1) is 14.3. The van der Waals surface area contributed by atoms with E-state index in [4.69, 9.17) is 4.74 Å². The molecule has 1 aliphatic heterocycles. The Labute approximate surface area is 114 Å². The average Bonchev–Trinajstić information content (AvgIpc) is 2.38. The van der Waals surface area contributed by atoms with E-state index in [1.165, 1.54) is 4.31 Å². The van der Waals surface area contributed by atoms with Crippen molar-refractivity contribution in [2.75, 3.05) is 26.7 Å². The quantitative estimate of drug-likeness (QED) is 0.899. The normalized spacial score (nSPS) is 21.3. The van der Waals surface area contributed by atoms with Gasteiger partial charge in [0.15, 0.2) is 0 Å². The zero-order valence-electron chi connectivity index (χ0n) is 11.5. The molecule has 6 heteroatoms. The Hall–Kier alpha value is -1.11. The molecule has 0 amide bonds. The van der Waals surface area contributed by atoms with Gasteiger partial charge in [0.05, 0.1) is 12.0 Å². The maximum atomic E-state index is 12.5. The Bertz CT molecular complexity index is 557. The third kappa shape index (κ3) is 2.91. The van der Waals surface area contributed by atoms with Crippen molar-refractivity contribution in [3.8, 4) is 5.75 Å². The molecular formula is C13H20N2O3S. The van der Waals surface area contributed by atoms with Crippen molar-refractivity contribution in [2.24, 2.45) is 0 Å². The zero-order valence-corrected chi connectivity index (χ0v) is 12.3. The van der Waals surface area contributed by atoms with Crippen LogP contribution in [0, 0.1) is 6.92 Å². The van der Waals surface area contributed by atoms with Gasteiger partial charge in [0.1, 0.15) is 5.75 Å². The summed E-state index contributed by atoms with van der Waals surface area (Å²) in [5, 5.41) is 3.24. The summed E-state index contributed by atoms with van der Waals surface area (Å²) < 4.78 is 31.8. The molecule has 0 saturated carbocycles. The van der Waals surface area contributed by atoms with Crippen molar-refractivity contribution in [1.82, 2.24) is 9.62 Å². The lowest BCUT2D eigenvalue weighted by molar-refractivity contribution is 0.310. The minimum Gasteiger partial charge on any atom is -0.496 e. The summed E-state index contributed by atoms with van der Waals surface area (Å²) in [6, 6.07) is 5.16. The van der Waals surface area contributed by atoms with Gasteiger partial charge < -0.3 is 10.1 Å². The van der Waals surface area contributed by atoms with Crippen molar-refractivity contribution >= 4 is 10.0 Å². The lowest BCUT2D eigenvalue weighted by Gasteiger charge is -2.31. The Morgan fingerprint density at radius 2 is 2.16 bits per heavy atom. The minimum atomic E-state index is -3.40. The number of nitrogens with zero attached hydrogens (tertiary/aromatic N) is 1. The molecule has 0 aromatic heterocycles. The van der Waals surface area contributed by atoms with E-state index in [-0.39, 0.29) is 6.04 Å². The number of aryl methyl sites for hydroxylation is 1. The molecule has 1 aromatic carbocycles. The van der Waals surface area contributed by atoms with Crippen LogP contribution in [0.25, 0.3) is 0 Å². The molecule has 1 aliphatic rings. The summed E-state index contributed by atoms with van der Waals surface area (Å²) in [6.07, 6.45) is 0. The van der Waals surface area contributed by atoms with Gasteiger partial charge in [-0.25, -0.2) is 8.42 Å². The van der Waals surface area contributed by atoms with Crippen molar-refractivity contribution in [3.63, 3.8) is 0 Å². The van der Waals surface area contributed by atoms with Gasteiger partial charge in [-0.15, -0.1) is 0 Å². The lowest BCUT2D eigenvalue weighted by atomic mass is 10.2. The molecule has 0 unspecified atom stereocenters. The van der Waals surface area contributed by atoms with Crippen LogP contribution in [0.2, 0.25) is 0 Å². The maximum absolute atomic E-state index is 12.5. The summed E-state index contributed by atoms with van der Waals surface area (Å²) >= 11 is 0. The first-order chi connectivity index (χ1) is 8.95. The maximum Gasteiger partial charge on any atom is 0.243 e. The predicted octanol–water partition coefficient (Wildman–Crippen LogP) is 0.986. The first-order valence-electron chi connectivity index (χ1n) is 6.33. The molecule has 19 heavy (non-hydrogen) atoms. The largest absolute Gasteiger partial charge is 0.496 e. The van der Waals surface area contributed by atoms with Gasteiger partial charge in [-0.3, -0.25) is 0 Å². The van der Waals surface area contributed by atoms with Crippen LogP contribution >= 0.6 is 0 Å². The molecule has 0 bridgehead atoms. The molecule has 106 valence electrons. The molecule has 2 rings (SSSR count). The molecule has 1 saturated heterocycles. The van der Waals surface area contributed by atoms with E-state index < -0.39 is 10.0 Å². The highest BCUT2D eigenvalue weighted by Crippen LogP contribution is 2.24. The van der Waals surface area contributed by atoms with Crippen LogP contribution in [-0.4, -0.2) is 45.5 Å². The van der Waals surface area contributed by atoms with E-state index >= 15 is 0 Å². The minimum absolute atomic E-state index is 0.183. The highest BCUT2D eigenvalue weighted by Gasteiger charge is 2.28. The zero-order chi connectivity index (χ0) is 14.0. The molecule has 1 fully saturated rings. The Morgan fingerprint density at radius 1 is 1.42 bits per heavy atom. The second-order valence-electron chi connectivity index (χ2n) is 4.85. The second-order valence-corrected chi connectivity index (χ2v) is 6.79. The van der Waals surface area contributed by atoms with Crippen LogP contribution in [0.5, 0.6) is 5.75 Å². The number of sulfonamides is 1. The van der Waals surface area contributed by atoms with Crippen molar-refractivity contribution in [2.45, 2.75) is 24.8 Å². The highest BCUT2D eigenvalue weighted by molar-refractivity contribution is 7.89. The van der Waals surface area contributed by atoms with E-state index in [0.717, 1.165) is 5.56 Å². The van der Waals surface area contributed by atoms with Crippen molar-refractivity contribution in [3.05, 3.63) is 23.8 Å². The summed E-state index contributed by atoms with van der Waals surface area (Å²) in [5.41, 5.74) is 0.826. The van der Waals surface area contributed by atoms with Crippen LogP contribution in [-0.2, 0) is 10.0 Å². The third-order valence-corrected chi connectivity index (χ3v) is 5.20. The van der Waals surface area contributed by atoms with Gasteiger partial charge in [-0.05, 0) is 37.6 Å². The molecule has 5 nitrogen and oxygen atoms in total. The summed E-state index contributed by atoms with van der Waals surface area (Å²) in [7, 11) is -1.83. The number of methoxy groups -OCH3 is 1. The van der Waals surface area contributed by atoms with Gasteiger partial charge >= 0.3 is 0 Å². The average molecular weight is 284 g/mol. The van der Waals surface area contributed by atoms with Crippen molar-refractivity contribution < 1.29 is 13.2 Å². The van der Waals surface area contributed by atoms with Crippen LogP contribution in [0.15, 0.2) is 23.1 Å². The van der Waals surface area contributed by atoms with E-state index in [9.17, 15) is 8.42 Å². The molecular weight excluding hydrogens is 264 g/mol. The fourth-order valence-electron chi connectivity index (χ4n) is 2.28. The molecule has 1 aromatic rings. The van der Waals surface area contributed by atoms with Crippen LogP contribution in [0.4, 0.5) is 0 Å². The highest BCUT2D eigenvalue weighted by atomic mass is 32.2. The van der Waals surface area contributed by atoms with Gasteiger partial charge in [-0.1, -0.05) is 0 Å². The topological polar surface area (TPSA) is 58.6 Å². The second kappa shape index (κ2) is 5.48. The lowest BCUT2D eigenvalue weighted by Crippen LogP contribution is -2.51. The molecule has 0 spiro atoms. The summed E-state index contributed by atoms with van der Waals surface area (Å²) in [6.45, 7) is 5.54. The fraction of sp³-hybridized carbons (Fsp3) is 0.538. The number of ether oxygens (including phenoxy) is 1. The molecule has 1 heterocycles. The Balaban J connectivity index is 2.31. The van der Waals surface area contributed by atoms with Crippen LogP contribution in [0.3, 0.4) is 0 Å². The molecule has 0 aliphatic carbocycles. The predicted molar refractivity (Wildman–Crippen MR) is 74.0 cm³/mol. The molecule has 1 atom stereocenters. The number of benzene rings is 1. The van der Waals surface area contributed by atoms with Gasteiger partial charge in [-0.2, -0.15) is 4.31 Å². The van der Waals surface area contributed by atoms with Crippen molar-refractivity contribution in [1.29, 1.82) is 0 Å². The number of nitrogens with one attached hydrogen (secondary N) is 1. The Kier molecular flexibility index (Phi) is 4.13. The van der Waals surface area contributed by atoms with Gasteiger partial charge in [0.2, 0.25) is 10.0 Å². The van der Waals surface area contributed by atoms with Crippen LogP contribution < -0.4 is 10.1 Å². The standard InChI is InChI=1S/C13H20N2O3S/c1-10-8-12(4-5-13(10)18-3)19(16,17)15-7-6-14-11(2)9-15/h4-5,8,11,14H,6-7,9H2,1-3H3/t11-/m0/s1.